The standard InChI is InChI=1S/C20H38O7S.Na.H3O4P.H2O.H/c1-5-9-11-16(7-3)14-26-19(21)13-18(28(23,24)25)20(22)27-15-17(8-4)12-10-6-2;;1-5(2,3)4;;/h16-18H,5-15H2,1-4H3,(H,23,24,25);;(H3,1,2,3,4);1H2;. The van der Waals surface area contributed by atoms with Crippen molar-refractivity contribution in [2.45, 2.75) is 90.7 Å². The van der Waals surface area contributed by atoms with Crippen molar-refractivity contribution in [2.75, 3.05) is 13.2 Å². The van der Waals surface area contributed by atoms with Crippen LogP contribution in [0, 0.1) is 11.8 Å². The zero-order valence-electron chi connectivity index (χ0n) is 20.5. The normalized spacial score (nSPS) is 13.6. The number of phosphoric acid groups is 1. The van der Waals surface area contributed by atoms with Crippen LogP contribution < -0.4 is 0 Å². The third-order valence-corrected chi connectivity index (χ3v) is 6.08. The summed E-state index contributed by atoms with van der Waals surface area (Å²) < 4.78 is 51.6. The molecule has 0 saturated carbocycles. The van der Waals surface area contributed by atoms with Gasteiger partial charge >= 0.3 is 49.3 Å². The predicted molar refractivity (Wildman–Crippen MR) is 134 cm³/mol. The summed E-state index contributed by atoms with van der Waals surface area (Å²) in [5.41, 5.74) is 0. The number of ether oxygens (including phenoxy) is 2. The molecule has 3 atom stereocenters. The summed E-state index contributed by atoms with van der Waals surface area (Å²) in [7, 11) is -9.40. The van der Waals surface area contributed by atoms with Crippen LogP contribution in [-0.4, -0.2) is 93.1 Å². The Balaban J connectivity index is -0.000000619. The predicted octanol–water partition coefficient (Wildman–Crippen LogP) is 1.75. The number of esters is 2. The molecule has 0 aromatic carbocycles. The first-order valence-corrected chi connectivity index (χ1v) is 14.3. The minimum absolute atomic E-state index is 0. The second kappa shape index (κ2) is 23.1. The van der Waals surface area contributed by atoms with Crippen LogP contribution in [0.25, 0.3) is 0 Å². The maximum atomic E-state index is 12.2. The number of rotatable bonds is 16. The van der Waals surface area contributed by atoms with Crippen molar-refractivity contribution in [2.24, 2.45) is 11.8 Å². The molecule has 0 rings (SSSR count). The molecule has 35 heavy (non-hydrogen) atoms. The Labute approximate surface area is 231 Å². The third kappa shape index (κ3) is 26.8. The van der Waals surface area contributed by atoms with Crippen LogP contribution in [0.2, 0.25) is 0 Å². The molecule has 0 fully saturated rings. The summed E-state index contributed by atoms with van der Waals surface area (Å²) in [4.78, 5) is 45.8. The van der Waals surface area contributed by atoms with Crippen molar-refractivity contribution in [3.8, 4) is 0 Å². The molecule has 0 saturated heterocycles. The monoisotopic (exact) mass is 562 g/mol. The summed E-state index contributed by atoms with van der Waals surface area (Å²) in [6.07, 6.45) is 6.74. The molecule has 0 aliphatic rings. The van der Waals surface area contributed by atoms with Gasteiger partial charge in [0.2, 0.25) is 0 Å². The molecule has 0 bridgehead atoms. The molecule has 0 aliphatic carbocycles. The van der Waals surface area contributed by atoms with E-state index in [0.29, 0.717) is 0 Å². The second-order valence-electron chi connectivity index (χ2n) is 7.87. The summed E-state index contributed by atoms with van der Waals surface area (Å²) in [5, 5.41) is -1.95. The molecule has 0 amide bonds. The molecule has 208 valence electrons. The first-order valence-electron chi connectivity index (χ1n) is 11.3. The van der Waals surface area contributed by atoms with Crippen LogP contribution in [0.4, 0.5) is 0 Å². The van der Waals surface area contributed by atoms with Gasteiger partial charge < -0.3 is 29.6 Å². The van der Waals surface area contributed by atoms with Crippen molar-refractivity contribution in [1.29, 1.82) is 0 Å². The molecule has 6 N–H and O–H groups in total. The molecule has 0 spiro atoms. The average Bonchev–Trinajstić information content (AvgIpc) is 2.70. The molecule has 0 aliphatic heterocycles. The van der Waals surface area contributed by atoms with Gasteiger partial charge in [-0.1, -0.05) is 66.2 Å². The molecule has 0 radical (unpaired) electrons. The van der Waals surface area contributed by atoms with E-state index < -0.39 is 41.6 Å². The van der Waals surface area contributed by atoms with E-state index in [1.165, 1.54) is 0 Å². The third-order valence-electron chi connectivity index (χ3n) is 5.00. The Bertz CT molecular complexity index is 690. The Morgan fingerprint density at radius 2 is 1.23 bits per heavy atom. The van der Waals surface area contributed by atoms with E-state index in [9.17, 15) is 22.6 Å². The van der Waals surface area contributed by atoms with Crippen LogP contribution in [0.1, 0.15) is 85.5 Å². The summed E-state index contributed by atoms with van der Waals surface area (Å²) in [6.45, 7) is 8.35. The van der Waals surface area contributed by atoms with E-state index >= 15 is 0 Å². The number of hydrogen-bond donors (Lipinski definition) is 4. The van der Waals surface area contributed by atoms with Gasteiger partial charge in [-0.2, -0.15) is 8.42 Å². The quantitative estimate of drug-likeness (QED) is 0.0919. The van der Waals surface area contributed by atoms with Crippen LogP contribution in [0.5, 0.6) is 0 Å². The first-order chi connectivity index (χ1) is 15.2. The zero-order chi connectivity index (χ0) is 26.1. The Morgan fingerprint density at radius 1 is 0.857 bits per heavy atom. The van der Waals surface area contributed by atoms with Gasteiger partial charge in [0.15, 0.2) is 5.25 Å². The van der Waals surface area contributed by atoms with E-state index in [2.05, 4.69) is 13.8 Å². The van der Waals surface area contributed by atoms with Gasteiger partial charge in [0.25, 0.3) is 10.1 Å². The van der Waals surface area contributed by atoms with Crippen LogP contribution in [0.15, 0.2) is 0 Å². The first kappa shape index (κ1) is 42.0. The molecule has 0 heterocycles. The van der Waals surface area contributed by atoms with Crippen molar-refractivity contribution < 1.29 is 56.8 Å². The van der Waals surface area contributed by atoms with Crippen LogP contribution in [0.3, 0.4) is 0 Å². The Hall–Kier alpha value is -0.0800. The fourth-order valence-corrected chi connectivity index (χ4v) is 3.48. The Kier molecular flexibility index (Phi) is 27.7. The fourth-order valence-electron chi connectivity index (χ4n) is 2.82. The summed E-state index contributed by atoms with van der Waals surface area (Å²) >= 11 is 0. The molecule has 3 unspecified atom stereocenters. The topological polar surface area (TPSA) is 216 Å². The SMILES string of the molecule is CCCCC(CC)COC(=O)CC(C(=O)OCC(CC)CCCC)S(=O)(=O)O.O.O=P(O)(O)O.[NaH]. The van der Waals surface area contributed by atoms with Crippen LogP contribution >= 0.6 is 7.82 Å². The number of hydrogen-bond acceptors (Lipinski definition) is 7. The van der Waals surface area contributed by atoms with Gasteiger partial charge in [0.05, 0.1) is 19.6 Å². The van der Waals surface area contributed by atoms with Crippen molar-refractivity contribution in [3.05, 3.63) is 0 Å². The second-order valence-corrected chi connectivity index (χ2v) is 10.5. The van der Waals surface area contributed by atoms with Gasteiger partial charge in [0.1, 0.15) is 0 Å². The van der Waals surface area contributed by atoms with E-state index in [1.807, 2.05) is 13.8 Å². The zero-order valence-corrected chi connectivity index (χ0v) is 22.2. The van der Waals surface area contributed by atoms with Gasteiger partial charge in [-0.15, -0.1) is 0 Å². The molecule has 0 aromatic rings. The van der Waals surface area contributed by atoms with Crippen molar-refractivity contribution in [1.82, 2.24) is 0 Å². The number of carbonyl (C=O) groups is 2. The van der Waals surface area contributed by atoms with E-state index in [4.69, 9.17) is 28.7 Å². The molecule has 12 nitrogen and oxygen atoms in total. The van der Waals surface area contributed by atoms with Gasteiger partial charge in [-0.05, 0) is 24.7 Å². The molecule has 15 heteroatoms. The molecular weight excluding hydrogens is 518 g/mol. The van der Waals surface area contributed by atoms with Gasteiger partial charge in [-0.25, -0.2) is 4.57 Å². The van der Waals surface area contributed by atoms with Crippen LogP contribution in [-0.2, 0) is 33.7 Å². The summed E-state index contributed by atoms with van der Waals surface area (Å²) in [6, 6.07) is 0. The molecular formula is C20H44NaO12PS. The Morgan fingerprint density at radius 3 is 1.54 bits per heavy atom. The van der Waals surface area contributed by atoms with E-state index in [-0.39, 0.29) is 60.1 Å². The minimum atomic E-state index is -4.76. The maximum absolute atomic E-state index is 12.2. The number of unbranched alkanes of at least 4 members (excludes halogenated alkanes) is 2. The molecule has 0 aromatic heterocycles. The van der Waals surface area contributed by atoms with E-state index in [1.54, 1.807) is 0 Å². The van der Waals surface area contributed by atoms with E-state index in [0.717, 1.165) is 51.4 Å². The average molecular weight is 563 g/mol. The van der Waals surface area contributed by atoms with Gasteiger partial charge in [-0.3, -0.25) is 14.1 Å². The van der Waals surface area contributed by atoms with Gasteiger partial charge in [0, 0.05) is 0 Å². The number of carbonyl (C=O) groups excluding carboxylic acids is 2. The van der Waals surface area contributed by atoms with Crippen molar-refractivity contribution >= 4 is 59.4 Å². The fraction of sp³-hybridized carbons (Fsp3) is 0.900. The van der Waals surface area contributed by atoms with Crippen molar-refractivity contribution in [3.63, 3.8) is 0 Å². The summed E-state index contributed by atoms with van der Waals surface area (Å²) in [5.74, 6) is -1.61.